The number of carbonyl (C=O) groups is 1. The number of halogens is 1. The van der Waals surface area contributed by atoms with E-state index in [0.29, 0.717) is 4.83 Å². The van der Waals surface area contributed by atoms with E-state index in [0.717, 1.165) is 17.8 Å². The minimum absolute atomic E-state index is 0.131. The van der Waals surface area contributed by atoms with Crippen molar-refractivity contribution < 1.29 is 4.79 Å². The fraction of sp³-hybridized carbons (Fsp3) is 0.417. The molecule has 2 aromatic heterocycles. The second-order valence-corrected chi connectivity index (χ2v) is 7.65. The molecule has 0 aliphatic carbocycles. The van der Waals surface area contributed by atoms with Crippen molar-refractivity contribution in [1.82, 2.24) is 4.90 Å². The second kappa shape index (κ2) is 5.50. The van der Waals surface area contributed by atoms with Crippen molar-refractivity contribution >= 4 is 53.9 Å². The number of amides is 1. The van der Waals surface area contributed by atoms with Crippen LogP contribution in [-0.2, 0) is 0 Å². The van der Waals surface area contributed by atoms with Crippen LogP contribution in [0.3, 0.4) is 0 Å². The van der Waals surface area contributed by atoms with Gasteiger partial charge < -0.3 is 4.90 Å². The third-order valence-electron chi connectivity index (χ3n) is 2.56. The molecule has 1 atom stereocenters. The van der Waals surface area contributed by atoms with Gasteiger partial charge in [0.1, 0.15) is 0 Å². The lowest BCUT2D eigenvalue weighted by Crippen LogP contribution is -2.28. The Kier molecular flexibility index (Phi) is 4.22. The first kappa shape index (κ1) is 13.1. The van der Waals surface area contributed by atoms with Gasteiger partial charge in [-0.25, -0.2) is 0 Å². The predicted octanol–water partition coefficient (Wildman–Crippen LogP) is 4.21. The van der Waals surface area contributed by atoms with Crippen LogP contribution in [0, 0.1) is 0 Å². The topological polar surface area (TPSA) is 20.3 Å². The Morgan fingerprint density at radius 2 is 2.29 bits per heavy atom. The lowest BCUT2D eigenvalue weighted by Gasteiger charge is -2.16. The third kappa shape index (κ3) is 3.09. The van der Waals surface area contributed by atoms with Gasteiger partial charge in [0.2, 0.25) is 0 Å². The van der Waals surface area contributed by atoms with E-state index < -0.39 is 0 Å². The van der Waals surface area contributed by atoms with Gasteiger partial charge in [-0.3, -0.25) is 4.79 Å². The molecule has 0 N–H and O–H groups in total. The van der Waals surface area contributed by atoms with Gasteiger partial charge in [-0.1, -0.05) is 22.9 Å². The van der Waals surface area contributed by atoms with Crippen LogP contribution in [0.5, 0.6) is 0 Å². The number of hydrogen-bond acceptors (Lipinski definition) is 3. The fourth-order valence-corrected chi connectivity index (χ4v) is 3.84. The minimum Gasteiger partial charge on any atom is -0.341 e. The Balaban J connectivity index is 2.06. The normalized spacial score (nSPS) is 12.9. The van der Waals surface area contributed by atoms with Crippen LogP contribution in [-0.4, -0.2) is 29.2 Å². The first-order valence-electron chi connectivity index (χ1n) is 5.44. The molecule has 0 aromatic carbocycles. The monoisotopic (exact) mass is 331 g/mol. The number of carbonyl (C=O) groups excluding carboxylic acids is 1. The van der Waals surface area contributed by atoms with Gasteiger partial charge in [0.05, 0.1) is 4.88 Å². The molecule has 0 aliphatic heterocycles. The van der Waals surface area contributed by atoms with Crippen molar-refractivity contribution in [1.29, 1.82) is 0 Å². The fourth-order valence-electron chi connectivity index (χ4n) is 1.53. The summed E-state index contributed by atoms with van der Waals surface area (Å²) in [6.07, 6.45) is 0.974. The van der Waals surface area contributed by atoms with Crippen LogP contribution in [0.15, 0.2) is 17.5 Å². The number of hydrogen-bond donors (Lipinski definition) is 0. The molecule has 17 heavy (non-hydrogen) atoms. The predicted molar refractivity (Wildman–Crippen MR) is 79.7 cm³/mol. The number of thiophene rings is 2. The summed E-state index contributed by atoms with van der Waals surface area (Å²) in [5, 5.41) is 2.06. The number of alkyl halides is 1. The summed E-state index contributed by atoms with van der Waals surface area (Å²) in [6.45, 7) is 2.89. The van der Waals surface area contributed by atoms with E-state index >= 15 is 0 Å². The maximum atomic E-state index is 12.2. The Hall–Kier alpha value is -0.390. The highest BCUT2D eigenvalue weighted by Gasteiger charge is 2.15. The van der Waals surface area contributed by atoms with Crippen LogP contribution in [0.2, 0.25) is 0 Å². The molecule has 0 fully saturated rings. The lowest BCUT2D eigenvalue weighted by atomic mass is 10.3. The van der Waals surface area contributed by atoms with Crippen molar-refractivity contribution in [2.75, 3.05) is 13.6 Å². The summed E-state index contributed by atoms with van der Waals surface area (Å²) in [5.41, 5.74) is 0. The van der Waals surface area contributed by atoms with Gasteiger partial charge in [-0.05, 0) is 23.9 Å². The third-order valence-corrected chi connectivity index (χ3v) is 5.10. The first-order valence-corrected chi connectivity index (χ1v) is 8.05. The molecule has 2 aromatic rings. The van der Waals surface area contributed by atoms with Gasteiger partial charge in [0, 0.05) is 27.8 Å². The highest BCUT2D eigenvalue weighted by molar-refractivity contribution is 9.09. The zero-order chi connectivity index (χ0) is 12.4. The molecule has 0 bridgehead atoms. The van der Waals surface area contributed by atoms with Gasteiger partial charge in [0.25, 0.3) is 5.91 Å². The molecular weight excluding hydrogens is 318 g/mol. The van der Waals surface area contributed by atoms with Gasteiger partial charge in [-0.2, -0.15) is 0 Å². The Bertz CT molecular complexity index is 489. The largest absolute Gasteiger partial charge is 0.341 e. The number of rotatable bonds is 4. The molecule has 5 heteroatoms. The maximum Gasteiger partial charge on any atom is 0.263 e. The molecular formula is C12H14BrNOS2. The summed E-state index contributed by atoms with van der Waals surface area (Å²) in [7, 11) is 1.87. The summed E-state index contributed by atoms with van der Waals surface area (Å²) < 4.78 is 2.42. The zero-order valence-corrected chi connectivity index (χ0v) is 13.0. The molecule has 2 nitrogen and oxygen atoms in total. The van der Waals surface area contributed by atoms with Crippen molar-refractivity contribution in [3.05, 3.63) is 22.4 Å². The Labute approximate surface area is 117 Å². The van der Waals surface area contributed by atoms with E-state index in [1.54, 1.807) is 27.6 Å². The molecule has 1 unspecified atom stereocenters. The van der Waals surface area contributed by atoms with Crippen molar-refractivity contribution in [3.8, 4) is 0 Å². The number of nitrogens with zero attached hydrogens (tertiary/aromatic N) is 1. The van der Waals surface area contributed by atoms with Crippen LogP contribution in [0.25, 0.3) is 9.40 Å². The standard InChI is InChI=1S/C12H14BrNOS2/c1-8(13)3-5-14(2)12(15)11-7-10-9(17-11)4-6-16-10/h4,6-8H,3,5H2,1-2H3. The summed E-state index contributed by atoms with van der Waals surface area (Å²) >= 11 is 6.77. The van der Waals surface area contributed by atoms with E-state index in [1.807, 2.05) is 13.1 Å². The molecule has 2 heterocycles. The van der Waals surface area contributed by atoms with Crippen LogP contribution in [0.4, 0.5) is 0 Å². The second-order valence-electron chi connectivity index (χ2n) is 4.06. The highest BCUT2D eigenvalue weighted by Crippen LogP contribution is 2.30. The maximum absolute atomic E-state index is 12.2. The highest BCUT2D eigenvalue weighted by atomic mass is 79.9. The Morgan fingerprint density at radius 1 is 1.53 bits per heavy atom. The van der Waals surface area contributed by atoms with E-state index in [1.165, 1.54) is 9.40 Å². The van der Waals surface area contributed by atoms with E-state index in [4.69, 9.17) is 0 Å². The van der Waals surface area contributed by atoms with Crippen LogP contribution < -0.4 is 0 Å². The first-order chi connectivity index (χ1) is 8.08. The average molecular weight is 332 g/mol. The quantitative estimate of drug-likeness (QED) is 0.768. The van der Waals surface area contributed by atoms with E-state index in [9.17, 15) is 4.79 Å². The SMILES string of the molecule is CC(Br)CCN(C)C(=O)c1cc2sccc2s1. The smallest absolute Gasteiger partial charge is 0.263 e. The van der Waals surface area contributed by atoms with Gasteiger partial charge in [0.15, 0.2) is 0 Å². The summed E-state index contributed by atoms with van der Waals surface area (Å²) in [5.74, 6) is 0.131. The molecule has 0 saturated carbocycles. The van der Waals surface area contributed by atoms with E-state index in [-0.39, 0.29) is 5.91 Å². The van der Waals surface area contributed by atoms with Crippen molar-refractivity contribution in [2.24, 2.45) is 0 Å². The van der Waals surface area contributed by atoms with Gasteiger partial charge >= 0.3 is 0 Å². The Morgan fingerprint density at radius 3 is 2.94 bits per heavy atom. The molecule has 0 saturated heterocycles. The molecule has 1 amide bonds. The molecule has 0 aliphatic rings. The van der Waals surface area contributed by atoms with Crippen LogP contribution in [0.1, 0.15) is 23.0 Å². The average Bonchev–Trinajstić information content (AvgIpc) is 2.84. The van der Waals surface area contributed by atoms with Crippen LogP contribution >= 0.6 is 38.6 Å². The minimum atomic E-state index is 0.131. The molecule has 0 radical (unpaired) electrons. The number of fused-ring (bicyclic) bond motifs is 1. The van der Waals surface area contributed by atoms with E-state index in [2.05, 4.69) is 34.3 Å². The molecule has 92 valence electrons. The van der Waals surface area contributed by atoms with Gasteiger partial charge in [-0.15, -0.1) is 22.7 Å². The van der Waals surface area contributed by atoms with Crippen molar-refractivity contribution in [2.45, 2.75) is 18.2 Å². The molecule has 2 rings (SSSR count). The molecule has 0 spiro atoms. The zero-order valence-electron chi connectivity index (χ0n) is 9.77. The summed E-state index contributed by atoms with van der Waals surface area (Å²) in [6, 6.07) is 4.07. The summed E-state index contributed by atoms with van der Waals surface area (Å²) in [4.78, 5) is 15.2. The lowest BCUT2D eigenvalue weighted by molar-refractivity contribution is 0.0799. The van der Waals surface area contributed by atoms with Crippen molar-refractivity contribution in [3.63, 3.8) is 0 Å².